The van der Waals surface area contributed by atoms with Gasteiger partial charge in [0.25, 0.3) is 0 Å². The average Bonchev–Trinajstić information content (AvgIpc) is 2.35. The summed E-state index contributed by atoms with van der Waals surface area (Å²) in [6.45, 7) is 13.2. The molecule has 1 N–H and O–H groups in total. The second-order valence-electron chi connectivity index (χ2n) is 7.00. The van der Waals surface area contributed by atoms with E-state index < -0.39 is 0 Å². The molecule has 0 unspecified atom stereocenters. The maximum absolute atomic E-state index is 12.1. The molecule has 1 amide bonds. The van der Waals surface area contributed by atoms with Crippen molar-refractivity contribution in [3.63, 3.8) is 0 Å². The molecule has 1 fully saturated rings. The van der Waals surface area contributed by atoms with E-state index in [1.165, 1.54) is 6.42 Å². The Morgan fingerprint density at radius 3 is 2.47 bits per heavy atom. The molecule has 1 aliphatic rings. The number of carbonyl (C=O) groups excluding carboxylic acids is 1. The van der Waals surface area contributed by atoms with Gasteiger partial charge in [-0.2, -0.15) is 0 Å². The first-order chi connectivity index (χ1) is 7.70. The Morgan fingerprint density at radius 2 is 1.88 bits per heavy atom. The fourth-order valence-corrected chi connectivity index (χ4v) is 2.12. The first-order valence-electron chi connectivity index (χ1n) is 6.72. The molecule has 17 heavy (non-hydrogen) atoms. The Morgan fingerprint density at radius 1 is 1.24 bits per heavy atom. The number of hydrogen-bond acceptors (Lipinski definition) is 2. The summed E-state index contributed by atoms with van der Waals surface area (Å²) >= 11 is 0. The van der Waals surface area contributed by atoms with Crippen molar-refractivity contribution in [2.24, 2.45) is 5.41 Å². The minimum absolute atomic E-state index is 0.0147. The van der Waals surface area contributed by atoms with Crippen LogP contribution in [0.15, 0.2) is 0 Å². The summed E-state index contributed by atoms with van der Waals surface area (Å²) in [4.78, 5) is 14.1. The van der Waals surface area contributed by atoms with Crippen LogP contribution in [0.1, 0.15) is 53.9 Å². The topological polar surface area (TPSA) is 32.3 Å². The van der Waals surface area contributed by atoms with Gasteiger partial charge in [-0.25, -0.2) is 0 Å². The second kappa shape index (κ2) is 5.38. The molecule has 0 saturated carbocycles. The zero-order valence-electron chi connectivity index (χ0n) is 12.1. The first kappa shape index (κ1) is 14.5. The fraction of sp³-hybridized carbons (Fsp3) is 0.929. The number of hydrogen-bond donors (Lipinski definition) is 1. The largest absolute Gasteiger partial charge is 0.342 e. The quantitative estimate of drug-likeness (QED) is 0.804. The standard InChI is InChI=1S/C14H28N2O/c1-13(2,3)15-11-12(17)16-9-6-7-14(4,5)8-10-16/h15H,6-11H2,1-5H3. The normalized spacial score (nSPS) is 21.1. The number of carbonyl (C=O) groups is 1. The molecule has 0 aliphatic carbocycles. The van der Waals surface area contributed by atoms with Crippen LogP contribution >= 0.6 is 0 Å². The number of nitrogens with one attached hydrogen (secondary N) is 1. The van der Waals surface area contributed by atoms with Crippen LogP contribution in [0.2, 0.25) is 0 Å². The SMILES string of the molecule is CC1(C)CCCN(C(=O)CNC(C)(C)C)CC1. The summed E-state index contributed by atoms with van der Waals surface area (Å²) in [6.07, 6.45) is 3.48. The number of rotatable bonds is 2. The zero-order valence-corrected chi connectivity index (χ0v) is 12.1. The predicted octanol–water partition coefficient (Wildman–Crippen LogP) is 2.41. The molecule has 0 atom stereocenters. The third kappa shape index (κ3) is 5.53. The number of nitrogens with zero attached hydrogens (tertiary/aromatic N) is 1. The van der Waals surface area contributed by atoms with E-state index in [-0.39, 0.29) is 11.4 Å². The van der Waals surface area contributed by atoms with Crippen molar-refractivity contribution < 1.29 is 4.79 Å². The monoisotopic (exact) mass is 240 g/mol. The molecule has 0 aromatic heterocycles. The molecule has 3 nitrogen and oxygen atoms in total. The van der Waals surface area contributed by atoms with E-state index in [1.54, 1.807) is 0 Å². The Kier molecular flexibility index (Phi) is 4.59. The fourth-order valence-electron chi connectivity index (χ4n) is 2.12. The molecule has 1 heterocycles. The van der Waals surface area contributed by atoms with Gasteiger partial charge in [-0.05, 0) is 45.4 Å². The Bertz CT molecular complexity index is 266. The van der Waals surface area contributed by atoms with Gasteiger partial charge >= 0.3 is 0 Å². The Balaban J connectivity index is 2.42. The first-order valence-corrected chi connectivity index (χ1v) is 6.72. The highest BCUT2D eigenvalue weighted by atomic mass is 16.2. The van der Waals surface area contributed by atoms with Crippen LogP contribution in [0, 0.1) is 5.41 Å². The molecule has 0 aromatic rings. The van der Waals surface area contributed by atoms with E-state index >= 15 is 0 Å². The summed E-state index contributed by atoms with van der Waals surface area (Å²) in [5.41, 5.74) is 0.410. The summed E-state index contributed by atoms with van der Waals surface area (Å²) in [5, 5.41) is 3.27. The molecule has 0 radical (unpaired) electrons. The molecule has 3 heteroatoms. The maximum atomic E-state index is 12.1. The van der Waals surface area contributed by atoms with Gasteiger partial charge in [0, 0.05) is 18.6 Å². The number of likely N-dealkylation sites (tertiary alicyclic amines) is 1. The third-order valence-corrected chi connectivity index (χ3v) is 3.46. The maximum Gasteiger partial charge on any atom is 0.236 e. The van der Waals surface area contributed by atoms with Gasteiger partial charge in [0.1, 0.15) is 0 Å². The van der Waals surface area contributed by atoms with Gasteiger partial charge in [0.05, 0.1) is 6.54 Å². The van der Waals surface area contributed by atoms with Gasteiger partial charge in [0.15, 0.2) is 0 Å². The van der Waals surface area contributed by atoms with Crippen molar-refractivity contribution in [1.82, 2.24) is 10.2 Å². The molecule has 0 bridgehead atoms. The highest BCUT2D eigenvalue weighted by Crippen LogP contribution is 2.29. The van der Waals surface area contributed by atoms with Gasteiger partial charge < -0.3 is 10.2 Å². The summed E-state index contributed by atoms with van der Waals surface area (Å²) in [6, 6.07) is 0. The van der Waals surface area contributed by atoms with E-state index in [2.05, 4.69) is 39.9 Å². The van der Waals surface area contributed by atoms with Crippen LogP contribution in [0.4, 0.5) is 0 Å². The molecule has 1 aliphatic heterocycles. The molecule has 1 rings (SSSR count). The van der Waals surface area contributed by atoms with Crippen molar-refractivity contribution >= 4 is 5.91 Å². The van der Waals surface area contributed by atoms with Crippen LogP contribution in [0.25, 0.3) is 0 Å². The Labute approximate surface area is 106 Å². The molecule has 0 spiro atoms. The van der Waals surface area contributed by atoms with Gasteiger partial charge in [-0.3, -0.25) is 4.79 Å². The van der Waals surface area contributed by atoms with Crippen LogP contribution in [0.3, 0.4) is 0 Å². The van der Waals surface area contributed by atoms with E-state index in [1.807, 2.05) is 4.90 Å². The van der Waals surface area contributed by atoms with Crippen molar-refractivity contribution in [2.75, 3.05) is 19.6 Å². The second-order valence-corrected chi connectivity index (χ2v) is 7.00. The van der Waals surface area contributed by atoms with Gasteiger partial charge in [-0.15, -0.1) is 0 Å². The highest BCUT2D eigenvalue weighted by molar-refractivity contribution is 5.78. The lowest BCUT2D eigenvalue weighted by Crippen LogP contribution is -2.45. The Hall–Kier alpha value is -0.570. The van der Waals surface area contributed by atoms with Crippen LogP contribution in [-0.2, 0) is 4.79 Å². The van der Waals surface area contributed by atoms with Crippen LogP contribution < -0.4 is 5.32 Å². The smallest absolute Gasteiger partial charge is 0.236 e. The van der Waals surface area contributed by atoms with Crippen molar-refractivity contribution in [2.45, 2.75) is 59.4 Å². The molecule has 0 aromatic carbocycles. The van der Waals surface area contributed by atoms with Crippen LogP contribution in [0.5, 0.6) is 0 Å². The highest BCUT2D eigenvalue weighted by Gasteiger charge is 2.25. The number of amides is 1. The average molecular weight is 240 g/mol. The molecular formula is C14H28N2O. The van der Waals surface area contributed by atoms with Gasteiger partial charge in [-0.1, -0.05) is 13.8 Å². The summed E-state index contributed by atoms with van der Waals surface area (Å²) < 4.78 is 0. The molecular weight excluding hydrogens is 212 g/mol. The molecule has 1 saturated heterocycles. The minimum Gasteiger partial charge on any atom is -0.342 e. The van der Waals surface area contributed by atoms with E-state index in [0.717, 1.165) is 25.9 Å². The van der Waals surface area contributed by atoms with Crippen LogP contribution in [-0.4, -0.2) is 36.0 Å². The van der Waals surface area contributed by atoms with E-state index in [0.29, 0.717) is 12.0 Å². The minimum atomic E-state index is 0.0147. The lowest BCUT2D eigenvalue weighted by atomic mass is 9.85. The zero-order chi connectivity index (χ0) is 13.1. The molecule has 100 valence electrons. The van der Waals surface area contributed by atoms with Crippen molar-refractivity contribution in [1.29, 1.82) is 0 Å². The van der Waals surface area contributed by atoms with Gasteiger partial charge in [0.2, 0.25) is 5.91 Å². The predicted molar refractivity (Wildman–Crippen MR) is 72.0 cm³/mol. The van der Waals surface area contributed by atoms with Crippen molar-refractivity contribution in [3.8, 4) is 0 Å². The third-order valence-electron chi connectivity index (χ3n) is 3.46. The summed E-state index contributed by atoms with van der Waals surface area (Å²) in [7, 11) is 0. The summed E-state index contributed by atoms with van der Waals surface area (Å²) in [5.74, 6) is 0.248. The van der Waals surface area contributed by atoms with E-state index in [9.17, 15) is 4.79 Å². The lowest BCUT2D eigenvalue weighted by molar-refractivity contribution is -0.130. The van der Waals surface area contributed by atoms with E-state index in [4.69, 9.17) is 0 Å². The lowest BCUT2D eigenvalue weighted by Gasteiger charge is -2.26. The van der Waals surface area contributed by atoms with Crippen molar-refractivity contribution in [3.05, 3.63) is 0 Å².